The maximum absolute atomic E-state index is 14.1. The lowest BCUT2D eigenvalue weighted by molar-refractivity contribution is -0.990. The molecule has 15 nitrogen and oxygen atoms in total. The van der Waals surface area contributed by atoms with Crippen molar-refractivity contribution in [2.75, 3.05) is 69.1 Å². The number of quaternary nitrogens is 1. The number of fused-ring (bicyclic) bond motifs is 1. The van der Waals surface area contributed by atoms with Gasteiger partial charge in [-0.1, -0.05) is 43.2 Å². The molecule has 4 heterocycles. The van der Waals surface area contributed by atoms with Crippen molar-refractivity contribution in [3.8, 4) is 11.5 Å². The average Bonchev–Trinajstić information content (AvgIpc) is 3.80. The van der Waals surface area contributed by atoms with Crippen LogP contribution < -0.4 is 24.9 Å². The molecule has 5 N–H and O–H groups in total. The largest absolute Gasteiger partial charge is 0.595 e. The number of rotatable bonds is 14. The van der Waals surface area contributed by atoms with Gasteiger partial charge in [0.15, 0.2) is 5.69 Å². The van der Waals surface area contributed by atoms with Gasteiger partial charge in [-0.25, -0.2) is 23.3 Å². The Labute approximate surface area is 403 Å². The van der Waals surface area contributed by atoms with Crippen LogP contribution in [0.25, 0.3) is 16.6 Å². The summed E-state index contributed by atoms with van der Waals surface area (Å²) in [5.74, 6) is -0.0494. The van der Waals surface area contributed by atoms with Crippen LogP contribution in [0.3, 0.4) is 0 Å². The van der Waals surface area contributed by atoms with Crippen LogP contribution >= 0.6 is 11.6 Å². The molecule has 1 saturated carbocycles. The topological polar surface area (TPSA) is 183 Å². The molecule has 2 aliphatic heterocycles. The fraction of sp³-hybridized carbons (Fsp3) is 0.431. The first kappa shape index (κ1) is 47.7. The molecule has 0 spiro atoms. The lowest BCUT2D eigenvalue weighted by atomic mass is 9.72. The highest BCUT2D eigenvalue weighted by atomic mass is 35.5. The number of pyridine rings is 1. The number of nitrogens with one attached hydrogen (secondary N) is 4. The number of sulfonamides is 1. The number of aliphatic imine (C=N–C) groups is 1. The van der Waals surface area contributed by atoms with Crippen LogP contribution in [0.4, 0.5) is 17.1 Å². The number of aromatic nitrogens is 2. The Morgan fingerprint density at radius 3 is 2.53 bits per heavy atom. The number of hydrogen-bond acceptors (Lipinski definition) is 12. The third-order valence-corrected chi connectivity index (χ3v) is 15.8. The van der Waals surface area contributed by atoms with Crippen LogP contribution in [0.1, 0.15) is 81.6 Å². The molecule has 1 saturated heterocycles. The van der Waals surface area contributed by atoms with Gasteiger partial charge in [0, 0.05) is 98.5 Å². The van der Waals surface area contributed by atoms with E-state index in [4.69, 9.17) is 16.3 Å². The number of anilines is 2. The zero-order valence-electron chi connectivity index (χ0n) is 39.1. The van der Waals surface area contributed by atoms with Crippen molar-refractivity contribution in [1.82, 2.24) is 24.5 Å². The molecule has 2 aromatic heterocycles. The Bertz CT molecular complexity index is 2800. The van der Waals surface area contributed by atoms with E-state index in [1.165, 1.54) is 34.6 Å². The minimum Gasteiger partial charge on any atom is -0.595 e. The zero-order valence-corrected chi connectivity index (χ0v) is 40.6. The Hall–Kier alpha value is -5.33. The van der Waals surface area contributed by atoms with Crippen molar-refractivity contribution in [3.05, 3.63) is 112 Å². The predicted octanol–water partition coefficient (Wildman–Crippen LogP) is 8.06. The lowest BCUT2D eigenvalue weighted by Gasteiger charge is -2.39. The fourth-order valence-electron chi connectivity index (χ4n) is 10.3. The van der Waals surface area contributed by atoms with Gasteiger partial charge in [-0.05, 0) is 123 Å². The van der Waals surface area contributed by atoms with E-state index in [1.54, 1.807) is 36.7 Å². The number of nitrogens with zero attached hydrogens (tertiary/aromatic N) is 5. The second-order valence-electron chi connectivity index (χ2n) is 19.7. The predicted molar refractivity (Wildman–Crippen MR) is 268 cm³/mol. The number of aromatic amines is 1. The molecule has 1 atom stereocenters. The summed E-state index contributed by atoms with van der Waals surface area (Å²) >= 11 is 6.26. The number of hydrogen-bond donors (Lipinski definition) is 5. The highest BCUT2D eigenvalue weighted by Crippen LogP contribution is 2.43. The van der Waals surface area contributed by atoms with E-state index in [0.717, 1.165) is 119 Å². The fourth-order valence-corrected chi connectivity index (χ4v) is 11.4. The van der Waals surface area contributed by atoms with Crippen LogP contribution in [0, 0.1) is 16.5 Å². The van der Waals surface area contributed by atoms with Gasteiger partial charge in [0.25, 0.3) is 15.9 Å². The molecule has 1 amide bonds. The summed E-state index contributed by atoms with van der Waals surface area (Å²) in [5.41, 5.74) is 7.14. The summed E-state index contributed by atoms with van der Waals surface area (Å²) in [6.45, 7) is 14.1. The molecule has 0 radical (unpaired) electrons. The van der Waals surface area contributed by atoms with Gasteiger partial charge in [0.1, 0.15) is 17.1 Å². The van der Waals surface area contributed by atoms with Crippen molar-refractivity contribution in [2.45, 2.75) is 76.7 Å². The van der Waals surface area contributed by atoms with Crippen LogP contribution in [0.2, 0.25) is 5.02 Å². The maximum atomic E-state index is 14.1. The van der Waals surface area contributed by atoms with Gasteiger partial charge in [-0.3, -0.25) is 19.6 Å². The van der Waals surface area contributed by atoms with Crippen molar-refractivity contribution in [1.29, 1.82) is 0 Å². The first-order valence-corrected chi connectivity index (χ1v) is 25.6. The molecular formula is C51H62ClN9O6S. The quantitative estimate of drug-likeness (QED) is 0.0679. The molecule has 2 fully saturated rings. The SMILES string of the molecule is CC1=NCCN(C2CCC(CNc3ccc(S(=O)(=O)NC(=O)c4ccc(N5CCN(CC6=C(c7ccc(Cl)cc7)CC(C)(C)CC6)CC5)cc4Oc4cnc5[nH]ccc5c4)cc3[NH+]([O-])O)CC2)C1. The molecule has 1 unspecified atom stereocenters. The molecule has 360 valence electrons. The van der Waals surface area contributed by atoms with E-state index in [9.17, 15) is 23.6 Å². The number of allylic oxidation sites excluding steroid dienone is 1. The molecule has 4 aliphatic rings. The van der Waals surface area contributed by atoms with Crippen LogP contribution in [-0.2, 0) is 10.0 Å². The van der Waals surface area contributed by atoms with Gasteiger partial charge in [-0.15, -0.1) is 0 Å². The van der Waals surface area contributed by atoms with Crippen LogP contribution in [-0.4, -0.2) is 110 Å². The van der Waals surface area contributed by atoms with Crippen molar-refractivity contribution in [2.24, 2.45) is 16.3 Å². The van der Waals surface area contributed by atoms with E-state index in [0.29, 0.717) is 35.6 Å². The number of H-pyrrole nitrogens is 1. The molecule has 2 aliphatic carbocycles. The number of halogens is 1. The summed E-state index contributed by atoms with van der Waals surface area (Å²) in [5, 5.41) is 26.3. The first-order chi connectivity index (χ1) is 32.7. The Balaban J connectivity index is 0.885. The summed E-state index contributed by atoms with van der Waals surface area (Å²) in [7, 11) is -4.53. The number of carbonyl (C=O) groups is 1. The molecule has 9 rings (SSSR count). The Morgan fingerprint density at radius 1 is 1.00 bits per heavy atom. The number of benzene rings is 3. The Kier molecular flexibility index (Phi) is 14.3. The van der Waals surface area contributed by atoms with E-state index in [-0.39, 0.29) is 27.3 Å². The van der Waals surface area contributed by atoms with E-state index < -0.39 is 21.2 Å². The van der Waals surface area contributed by atoms with Gasteiger partial charge in [-0.2, -0.15) is 5.23 Å². The average molecular weight is 965 g/mol. The zero-order chi connectivity index (χ0) is 47.6. The highest BCUT2D eigenvalue weighted by molar-refractivity contribution is 7.90. The van der Waals surface area contributed by atoms with Crippen LogP contribution in [0.5, 0.6) is 11.5 Å². The smallest absolute Gasteiger partial charge is 0.268 e. The van der Waals surface area contributed by atoms with Crippen LogP contribution in [0.15, 0.2) is 101 Å². The normalized spacial score (nSPS) is 21.1. The van der Waals surface area contributed by atoms with Crippen molar-refractivity contribution in [3.63, 3.8) is 0 Å². The molecule has 0 bridgehead atoms. The third kappa shape index (κ3) is 11.2. The molecular weight excluding hydrogens is 902 g/mol. The number of carbonyl (C=O) groups excluding carboxylic acids is 1. The van der Waals surface area contributed by atoms with E-state index in [2.05, 4.69) is 72.6 Å². The number of piperazine rings is 1. The highest BCUT2D eigenvalue weighted by Gasteiger charge is 2.31. The van der Waals surface area contributed by atoms with E-state index in [1.807, 2.05) is 18.2 Å². The molecule has 17 heteroatoms. The van der Waals surface area contributed by atoms with Crippen molar-refractivity contribution >= 4 is 66.9 Å². The van der Waals surface area contributed by atoms with Gasteiger partial charge in [0.05, 0.1) is 28.9 Å². The number of ether oxygens (including phenoxy) is 1. The standard InChI is InChI=1S/C51H62ClN9O6S/c1-34-32-60(21-20-53-34)40-10-4-35(5-11-40)30-55-46-15-13-43(28-47(46)61(63)64)68(65,66)57-50(62)44-14-12-41(27-48(44)67-42-26-37-17-19-54-49(37)56-31-42)59-24-22-58(23-25-59)33-38-16-18-51(2,3)29-45(38)36-6-8-39(52)9-7-36/h6-9,12-15,17,19,26-28,31,35,40,55,61,63H,4-5,10-11,16,18,20-25,29-30,32-33H2,1-3H3,(H,54,56)(H,57,62). The van der Waals surface area contributed by atoms with Gasteiger partial charge in [0.2, 0.25) is 0 Å². The molecule has 5 aromatic rings. The van der Waals surface area contributed by atoms with Gasteiger partial charge < -0.3 is 25.1 Å². The minimum atomic E-state index is -4.53. The maximum Gasteiger partial charge on any atom is 0.268 e. The summed E-state index contributed by atoms with van der Waals surface area (Å²) in [4.78, 5) is 33.0. The second-order valence-corrected chi connectivity index (χ2v) is 21.8. The van der Waals surface area contributed by atoms with Gasteiger partial charge >= 0.3 is 0 Å². The summed E-state index contributed by atoms with van der Waals surface area (Å²) < 4.78 is 36.3. The molecule has 68 heavy (non-hydrogen) atoms. The van der Waals surface area contributed by atoms with E-state index >= 15 is 0 Å². The second kappa shape index (κ2) is 20.3. The summed E-state index contributed by atoms with van der Waals surface area (Å²) in [6, 6.07) is 21.4. The minimum absolute atomic E-state index is 0.0120. The monoisotopic (exact) mass is 963 g/mol. The Morgan fingerprint density at radius 2 is 1.78 bits per heavy atom. The summed E-state index contributed by atoms with van der Waals surface area (Å²) in [6.07, 6.45) is 10.7. The third-order valence-electron chi connectivity index (χ3n) is 14.2. The number of amides is 1. The lowest BCUT2D eigenvalue weighted by Crippen LogP contribution is -2.99. The van der Waals surface area contributed by atoms with Crippen molar-refractivity contribution < 1.29 is 28.4 Å². The molecule has 3 aromatic carbocycles. The first-order valence-electron chi connectivity index (χ1n) is 23.8.